The third-order valence-electron chi connectivity index (χ3n) is 1.78. The fraction of sp³-hybridized carbons (Fsp3) is 0.250. The molecule has 3 nitrogen and oxygen atoms in total. The molecule has 88 valence electrons. The molecule has 0 aliphatic rings. The molecular formula is C8H4F5NO2. The largest absolute Gasteiger partial charge is 0.507 e. The first kappa shape index (κ1) is 12.3. The molecule has 8 heteroatoms. The number of hydrogen-bond acceptors (Lipinski definition) is 3. The number of halogens is 5. The minimum Gasteiger partial charge on any atom is -0.507 e. The van der Waals surface area contributed by atoms with Crippen LogP contribution in [-0.4, -0.2) is 11.3 Å². The number of nitroso groups, excluding NO2 is 1. The van der Waals surface area contributed by atoms with Gasteiger partial charge in [-0.2, -0.15) is 22.0 Å². The number of benzene rings is 1. The molecule has 0 saturated heterocycles. The van der Waals surface area contributed by atoms with Crippen LogP contribution in [-0.2, 0) is 5.92 Å². The molecule has 0 aliphatic heterocycles. The molecule has 0 unspecified atom stereocenters. The molecule has 1 aromatic carbocycles. The van der Waals surface area contributed by atoms with Crippen LogP contribution in [0, 0.1) is 4.91 Å². The predicted octanol–water partition coefficient (Wildman–Crippen LogP) is 3.44. The average Bonchev–Trinajstić information content (AvgIpc) is 2.16. The van der Waals surface area contributed by atoms with Crippen LogP contribution < -0.4 is 0 Å². The SMILES string of the molecule is O=Nc1ccc(O)c(C(F)(F)C(F)(F)F)c1. The van der Waals surface area contributed by atoms with Gasteiger partial charge in [0, 0.05) is 0 Å². The van der Waals surface area contributed by atoms with E-state index in [1.165, 1.54) is 0 Å². The highest BCUT2D eigenvalue weighted by Gasteiger charge is 2.60. The van der Waals surface area contributed by atoms with Crippen molar-refractivity contribution in [2.24, 2.45) is 5.18 Å². The molecule has 1 rings (SSSR count). The molecule has 16 heavy (non-hydrogen) atoms. The van der Waals surface area contributed by atoms with Crippen LogP contribution in [0.4, 0.5) is 27.6 Å². The van der Waals surface area contributed by atoms with Gasteiger partial charge in [-0.05, 0) is 23.4 Å². The molecule has 0 heterocycles. The van der Waals surface area contributed by atoms with E-state index in [-0.39, 0.29) is 6.07 Å². The summed E-state index contributed by atoms with van der Waals surface area (Å²) in [4.78, 5) is 9.99. The predicted molar refractivity (Wildman–Crippen MR) is 43.5 cm³/mol. The monoisotopic (exact) mass is 241 g/mol. The summed E-state index contributed by atoms with van der Waals surface area (Å²) in [6.45, 7) is 0. The van der Waals surface area contributed by atoms with Crippen molar-refractivity contribution in [3.8, 4) is 5.75 Å². The summed E-state index contributed by atoms with van der Waals surface area (Å²) in [6, 6.07) is 1.56. The van der Waals surface area contributed by atoms with E-state index in [0.29, 0.717) is 6.07 Å². The van der Waals surface area contributed by atoms with Gasteiger partial charge in [0.15, 0.2) is 0 Å². The quantitative estimate of drug-likeness (QED) is 0.636. The average molecular weight is 241 g/mol. The summed E-state index contributed by atoms with van der Waals surface area (Å²) in [7, 11) is 0. The summed E-state index contributed by atoms with van der Waals surface area (Å²) >= 11 is 0. The molecule has 1 N–H and O–H groups in total. The van der Waals surface area contributed by atoms with Crippen molar-refractivity contribution in [1.29, 1.82) is 0 Å². The molecule has 0 bridgehead atoms. The minimum atomic E-state index is -5.86. The summed E-state index contributed by atoms with van der Waals surface area (Å²) in [5, 5.41) is 11.1. The van der Waals surface area contributed by atoms with Crippen LogP contribution in [0.2, 0.25) is 0 Å². The second-order valence-corrected chi connectivity index (χ2v) is 2.86. The van der Waals surface area contributed by atoms with Crippen molar-refractivity contribution < 1.29 is 27.1 Å². The van der Waals surface area contributed by atoms with E-state index >= 15 is 0 Å². The number of phenolic OH excluding ortho intramolecular Hbond substituents is 1. The van der Waals surface area contributed by atoms with Crippen LogP contribution in [0.25, 0.3) is 0 Å². The molecule has 0 aromatic heterocycles. The van der Waals surface area contributed by atoms with Gasteiger partial charge in [0.1, 0.15) is 11.4 Å². The van der Waals surface area contributed by atoms with Gasteiger partial charge < -0.3 is 5.11 Å². The van der Waals surface area contributed by atoms with Crippen molar-refractivity contribution in [3.05, 3.63) is 28.7 Å². The van der Waals surface area contributed by atoms with Crippen molar-refractivity contribution in [3.63, 3.8) is 0 Å². The zero-order chi connectivity index (χ0) is 12.6. The highest BCUT2D eigenvalue weighted by Crippen LogP contribution is 2.47. The molecule has 0 spiro atoms. The van der Waals surface area contributed by atoms with Gasteiger partial charge in [-0.3, -0.25) is 0 Å². The second-order valence-electron chi connectivity index (χ2n) is 2.86. The molecular weight excluding hydrogens is 237 g/mol. The Morgan fingerprint density at radius 3 is 2.12 bits per heavy atom. The summed E-state index contributed by atoms with van der Waals surface area (Å²) in [5.41, 5.74) is -2.33. The van der Waals surface area contributed by atoms with Gasteiger partial charge >= 0.3 is 12.1 Å². The van der Waals surface area contributed by atoms with Crippen molar-refractivity contribution >= 4 is 5.69 Å². The second kappa shape index (κ2) is 3.69. The van der Waals surface area contributed by atoms with Gasteiger partial charge in [-0.1, -0.05) is 0 Å². The number of hydrogen-bond donors (Lipinski definition) is 1. The van der Waals surface area contributed by atoms with Gasteiger partial charge in [0.25, 0.3) is 0 Å². The molecule has 0 amide bonds. The lowest BCUT2D eigenvalue weighted by Gasteiger charge is -2.20. The van der Waals surface area contributed by atoms with Crippen molar-refractivity contribution in [1.82, 2.24) is 0 Å². The fourth-order valence-corrected chi connectivity index (χ4v) is 0.985. The zero-order valence-electron chi connectivity index (χ0n) is 7.42. The third-order valence-corrected chi connectivity index (χ3v) is 1.78. The number of aromatic hydroxyl groups is 1. The fourth-order valence-electron chi connectivity index (χ4n) is 0.985. The smallest absolute Gasteiger partial charge is 0.458 e. The van der Waals surface area contributed by atoms with Crippen LogP contribution in [0.3, 0.4) is 0 Å². The van der Waals surface area contributed by atoms with Crippen LogP contribution in [0.15, 0.2) is 23.4 Å². The molecule has 0 fully saturated rings. The van der Waals surface area contributed by atoms with Crippen LogP contribution >= 0.6 is 0 Å². The minimum absolute atomic E-state index is 0.190. The number of alkyl halides is 5. The number of rotatable bonds is 2. The normalized spacial score (nSPS) is 12.6. The topological polar surface area (TPSA) is 49.7 Å². The maximum atomic E-state index is 12.8. The Labute approximate surface area is 85.5 Å². The number of phenols is 1. The van der Waals surface area contributed by atoms with Gasteiger partial charge in [-0.15, -0.1) is 4.91 Å². The molecule has 0 aliphatic carbocycles. The van der Waals surface area contributed by atoms with E-state index in [9.17, 15) is 26.9 Å². The molecule has 0 atom stereocenters. The Morgan fingerprint density at radius 1 is 1.12 bits per heavy atom. The van der Waals surface area contributed by atoms with E-state index in [2.05, 4.69) is 5.18 Å². The zero-order valence-corrected chi connectivity index (χ0v) is 7.42. The van der Waals surface area contributed by atoms with E-state index in [4.69, 9.17) is 5.11 Å². The lowest BCUT2D eigenvalue weighted by Crippen LogP contribution is -2.33. The molecule has 1 aromatic rings. The van der Waals surface area contributed by atoms with Gasteiger partial charge in [0.2, 0.25) is 0 Å². The summed E-state index contributed by atoms with van der Waals surface area (Å²) in [5.74, 6) is -6.49. The molecule has 0 saturated carbocycles. The highest BCUT2D eigenvalue weighted by atomic mass is 19.4. The maximum Gasteiger partial charge on any atom is 0.458 e. The molecule has 0 radical (unpaired) electrons. The van der Waals surface area contributed by atoms with E-state index in [1.807, 2.05) is 0 Å². The first-order valence-corrected chi connectivity index (χ1v) is 3.81. The third kappa shape index (κ3) is 1.95. The highest BCUT2D eigenvalue weighted by molar-refractivity contribution is 5.48. The Balaban J connectivity index is 3.37. The van der Waals surface area contributed by atoms with Crippen molar-refractivity contribution in [2.45, 2.75) is 12.1 Å². The first-order chi connectivity index (χ1) is 7.20. The van der Waals surface area contributed by atoms with Crippen LogP contribution in [0.5, 0.6) is 5.75 Å². The van der Waals surface area contributed by atoms with Crippen molar-refractivity contribution in [2.75, 3.05) is 0 Å². The lowest BCUT2D eigenvalue weighted by atomic mass is 10.1. The van der Waals surface area contributed by atoms with E-state index in [0.717, 1.165) is 6.07 Å². The van der Waals surface area contributed by atoms with Gasteiger partial charge in [-0.25, -0.2) is 0 Å². The Kier molecular flexibility index (Phi) is 2.85. The Hall–Kier alpha value is -1.73. The van der Waals surface area contributed by atoms with E-state index in [1.54, 1.807) is 0 Å². The van der Waals surface area contributed by atoms with E-state index < -0.39 is 29.1 Å². The Bertz CT molecular complexity index is 415. The first-order valence-electron chi connectivity index (χ1n) is 3.81. The number of nitrogens with zero attached hydrogens (tertiary/aromatic N) is 1. The lowest BCUT2D eigenvalue weighted by molar-refractivity contribution is -0.289. The summed E-state index contributed by atoms with van der Waals surface area (Å²) in [6.07, 6.45) is -5.86. The Morgan fingerprint density at radius 2 is 1.69 bits per heavy atom. The van der Waals surface area contributed by atoms with Crippen LogP contribution in [0.1, 0.15) is 5.56 Å². The maximum absolute atomic E-state index is 12.8. The standard InChI is InChI=1S/C8H4F5NO2/c9-7(10,8(11,12)13)5-3-4(14-16)1-2-6(5)15/h1-3,15H. The van der Waals surface area contributed by atoms with Gasteiger partial charge in [0.05, 0.1) is 5.56 Å². The summed E-state index contributed by atoms with van der Waals surface area (Å²) < 4.78 is 61.5.